The molecular formula is C20H15Cl2N5O2S. The predicted octanol–water partition coefficient (Wildman–Crippen LogP) is 5.03. The van der Waals surface area contributed by atoms with Crippen LogP contribution in [0.25, 0.3) is 16.7 Å². The second-order valence-corrected chi connectivity index (χ2v) is 8.30. The van der Waals surface area contributed by atoms with Gasteiger partial charge >= 0.3 is 5.97 Å². The Labute approximate surface area is 186 Å². The highest BCUT2D eigenvalue weighted by Crippen LogP contribution is 2.33. The van der Waals surface area contributed by atoms with Gasteiger partial charge in [0.1, 0.15) is 16.9 Å². The molecule has 0 aliphatic heterocycles. The SMILES string of the molecule is Cc1ccc(-n2ccc3cc(N(CC(=O)O)Sc4cc(Cl)nc(Cl)c4)ccc32)nn1. The number of aryl methyl sites for hydroxylation is 1. The van der Waals surface area contributed by atoms with Gasteiger partial charge in [-0.05, 0) is 67.4 Å². The van der Waals surface area contributed by atoms with Gasteiger partial charge in [-0.3, -0.25) is 9.36 Å². The number of hydrogen-bond donors (Lipinski definition) is 1. The third kappa shape index (κ3) is 4.51. The smallest absolute Gasteiger partial charge is 0.324 e. The Morgan fingerprint density at radius 1 is 1.10 bits per heavy atom. The normalized spacial score (nSPS) is 11.0. The minimum Gasteiger partial charge on any atom is -0.480 e. The molecule has 1 N–H and O–H groups in total. The lowest BCUT2D eigenvalue weighted by Gasteiger charge is -2.21. The van der Waals surface area contributed by atoms with Crippen LogP contribution in [0.1, 0.15) is 5.69 Å². The first-order valence-electron chi connectivity index (χ1n) is 8.81. The number of benzene rings is 1. The topological polar surface area (TPSA) is 84.1 Å². The van der Waals surface area contributed by atoms with Crippen LogP contribution in [-0.4, -0.2) is 37.4 Å². The first-order chi connectivity index (χ1) is 14.4. The van der Waals surface area contributed by atoms with E-state index in [4.69, 9.17) is 23.2 Å². The fourth-order valence-corrected chi connectivity index (χ4v) is 4.49. The van der Waals surface area contributed by atoms with Gasteiger partial charge in [0.25, 0.3) is 0 Å². The van der Waals surface area contributed by atoms with Gasteiger partial charge in [-0.25, -0.2) is 4.98 Å². The summed E-state index contributed by atoms with van der Waals surface area (Å²) in [5.41, 5.74) is 2.51. The number of hydrogen-bond acceptors (Lipinski definition) is 6. The summed E-state index contributed by atoms with van der Waals surface area (Å²) in [6, 6.07) is 14.7. The standard InChI is InChI=1S/C20H15Cl2N5O2S/c1-12-2-5-19(25-24-12)26-7-6-13-8-14(3-4-16(13)26)27(11-20(28)29)30-15-9-17(21)23-18(22)10-15/h2-10H,11H2,1H3,(H,28,29). The summed E-state index contributed by atoms with van der Waals surface area (Å²) in [5.74, 6) is -0.248. The predicted molar refractivity (Wildman–Crippen MR) is 119 cm³/mol. The van der Waals surface area contributed by atoms with Crippen molar-refractivity contribution in [2.45, 2.75) is 11.8 Å². The highest BCUT2D eigenvalue weighted by atomic mass is 35.5. The average molecular weight is 460 g/mol. The van der Waals surface area contributed by atoms with Crippen LogP contribution in [0.15, 0.2) is 59.6 Å². The van der Waals surface area contributed by atoms with Gasteiger partial charge in [-0.2, -0.15) is 5.10 Å². The van der Waals surface area contributed by atoms with E-state index >= 15 is 0 Å². The summed E-state index contributed by atoms with van der Waals surface area (Å²) in [6.45, 7) is 1.67. The number of halogens is 2. The Hall–Kier alpha value is -2.81. The van der Waals surface area contributed by atoms with Crippen molar-refractivity contribution in [1.29, 1.82) is 0 Å². The van der Waals surface area contributed by atoms with E-state index in [9.17, 15) is 9.90 Å². The molecular weight excluding hydrogens is 445 g/mol. The maximum atomic E-state index is 11.4. The lowest BCUT2D eigenvalue weighted by atomic mass is 10.2. The van der Waals surface area contributed by atoms with Gasteiger partial charge in [0.2, 0.25) is 0 Å². The second kappa shape index (κ2) is 8.51. The lowest BCUT2D eigenvalue weighted by molar-refractivity contribution is -0.135. The molecule has 10 heteroatoms. The first kappa shape index (κ1) is 20.5. The van der Waals surface area contributed by atoms with Crippen LogP contribution in [0.2, 0.25) is 10.3 Å². The Morgan fingerprint density at radius 3 is 2.53 bits per heavy atom. The molecule has 0 radical (unpaired) electrons. The number of aliphatic carboxylic acids is 1. The average Bonchev–Trinajstić information content (AvgIpc) is 3.10. The molecule has 1 aromatic carbocycles. The van der Waals surface area contributed by atoms with Crippen molar-refractivity contribution in [3.8, 4) is 5.82 Å². The first-order valence-corrected chi connectivity index (χ1v) is 10.3. The Bertz CT molecular complexity index is 1210. The van der Waals surface area contributed by atoms with Gasteiger partial charge in [0.05, 0.1) is 11.2 Å². The molecule has 7 nitrogen and oxygen atoms in total. The van der Waals surface area contributed by atoms with Gasteiger partial charge in [-0.15, -0.1) is 5.10 Å². The molecule has 0 spiro atoms. The molecule has 0 fully saturated rings. The molecule has 0 saturated carbocycles. The number of anilines is 1. The van der Waals surface area contributed by atoms with Crippen LogP contribution in [-0.2, 0) is 4.79 Å². The van der Waals surface area contributed by atoms with Crippen molar-refractivity contribution in [2.75, 3.05) is 10.8 Å². The molecule has 3 aromatic heterocycles. The van der Waals surface area contributed by atoms with E-state index in [2.05, 4.69) is 15.2 Å². The number of rotatable bonds is 6. The molecule has 4 aromatic rings. The Balaban J connectivity index is 1.69. The molecule has 152 valence electrons. The fourth-order valence-electron chi connectivity index (χ4n) is 2.93. The van der Waals surface area contributed by atoms with E-state index in [1.807, 2.05) is 54.1 Å². The number of fused-ring (bicyclic) bond motifs is 1. The summed E-state index contributed by atoms with van der Waals surface area (Å²) in [6.07, 6.45) is 1.91. The number of aromatic nitrogens is 4. The Morgan fingerprint density at radius 2 is 1.87 bits per heavy atom. The molecule has 3 heterocycles. The van der Waals surface area contributed by atoms with E-state index in [0.717, 1.165) is 22.3 Å². The van der Waals surface area contributed by atoms with Gasteiger partial charge in [0.15, 0.2) is 5.82 Å². The zero-order valence-corrected chi connectivity index (χ0v) is 18.0. The van der Waals surface area contributed by atoms with Crippen molar-refractivity contribution < 1.29 is 9.90 Å². The minimum absolute atomic E-state index is 0.210. The Kier molecular flexibility index (Phi) is 5.80. The number of carboxylic acids is 1. The summed E-state index contributed by atoms with van der Waals surface area (Å²) in [5, 5.41) is 19.1. The van der Waals surface area contributed by atoms with Crippen molar-refractivity contribution in [2.24, 2.45) is 0 Å². The maximum absolute atomic E-state index is 11.4. The van der Waals surface area contributed by atoms with E-state index in [-0.39, 0.29) is 16.9 Å². The quantitative estimate of drug-likeness (QED) is 0.319. The van der Waals surface area contributed by atoms with Crippen LogP contribution >= 0.6 is 35.1 Å². The third-order valence-electron chi connectivity index (χ3n) is 4.22. The molecule has 0 unspecified atom stereocenters. The number of carboxylic acid groups (broad SMARTS) is 1. The molecule has 0 bridgehead atoms. The third-order valence-corrected chi connectivity index (χ3v) is 5.62. The molecule has 30 heavy (non-hydrogen) atoms. The van der Waals surface area contributed by atoms with Crippen LogP contribution < -0.4 is 4.31 Å². The zero-order chi connectivity index (χ0) is 21.3. The van der Waals surface area contributed by atoms with Crippen molar-refractivity contribution >= 4 is 57.7 Å². The molecule has 0 amide bonds. The number of pyridine rings is 1. The highest BCUT2D eigenvalue weighted by molar-refractivity contribution is 8.00. The van der Waals surface area contributed by atoms with Gasteiger partial charge in [-0.1, -0.05) is 23.2 Å². The van der Waals surface area contributed by atoms with Crippen molar-refractivity contribution in [3.63, 3.8) is 0 Å². The van der Waals surface area contributed by atoms with Crippen LogP contribution in [0, 0.1) is 6.92 Å². The largest absolute Gasteiger partial charge is 0.480 e. The fraction of sp³-hybridized carbons (Fsp3) is 0.100. The summed E-state index contributed by atoms with van der Waals surface area (Å²) in [7, 11) is 0. The molecule has 4 rings (SSSR count). The van der Waals surface area contributed by atoms with E-state index in [1.54, 1.807) is 16.4 Å². The monoisotopic (exact) mass is 459 g/mol. The summed E-state index contributed by atoms with van der Waals surface area (Å²) < 4.78 is 3.59. The van der Waals surface area contributed by atoms with E-state index < -0.39 is 5.97 Å². The zero-order valence-electron chi connectivity index (χ0n) is 15.7. The highest BCUT2D eigenvalue weighted by Gasteiger charge is 2.16. The summed E-state index contributed by atoms with van der Waals surface area (Å²) >= 11 is 13.2. The van der Waals surface area contributed by atoms with Crippen LogP contribution in [0.4, 0.5) is 5.69 Å². The second-order valence-electron chi connectivity index (χ2n) is 6.43. The molecule has 0 saturated heterocycles. The molecule has 0 aliphatic carbocycles. The van der Waals surface area contributed by atoms with Gasteiger partial charge < -0.3 is 9.41 Å². The van der Waals surface area contributed by atoms with Crippen molar-refractivity contribution in [3.05, 3.63) is 70.7 Å². The van der Waals surface area contributed by atoms with E-state index in [1.165, 1.54) is 11.9 Å². The van der Waals surface area contributed by atoms with Crippen molar-refractivity contribution in [1.82, 2.24) is 19.7 Å². The van der Waals surface area contributed by atoms with Crippen LogP contribution in [0.3, 0.4) is 0 Å². The maximum Gasteiger partial charge on any atom is 0.324 e. The lowest BCUT2D eigenvalue weighted by Crippen LogP contribution is -2.22. The number of carbonyl (C=O) groups is 1. The van der Waals surface area contributed by atoms with Gasteiger partial charge in [0, 0.05) is 22.2 Å². The molecule has 0 atom stereocenters. The van der Waals surface area contributed by atoms with E-state index in [0.29, 0.717) is 10.7 Å². The minimum atomic E-state index is -0.957. The number of nitrogens with zero attached hydrogens (tertiary/aromatic N) is 5. The summed E-state index contributed by atoms with van der Waals surface area (Å²) in [4.78, 5) is 16.1. The van der Waals surface area contributed by atoms with Crippen LogP contribution in [0.5, 0.6) is 0 Å². The molecule has 0 aliphatic rings.